The van der Waals surface area contributed by atoms with Crippen LogP contribution in [0.5, 0.6) is 0 Å². The molecular weight excluding hydrogens is 212 g/mol. The van der Waals surface area contributed by atoms with Gasteiger partial charge >= 0.3 is 0 Å². The highest BCUT2D eigenvalue weighted by Crippen LogP contribution is 2.53. The molecule has 3 saturated carbocycles. The predicted molar refractivity (Wildman–Crippen MR) is 64.4 cm³/mol. The van der Waals surface area contributed by atoms with Gasteiger partial charge in [0.1, 0.15) is 11.6 Å². The van der Waals surface area contributed by atoms with E-state index in [1.54, 1.807) is 0 Å². The first-order valence-electron chi connectivity index (χ1n) is 7.00. The van der Waals surface area contributed by atoms with Crippen LogP contribution in [-0.4, -0.2) is 14.8 Å². The molecule has 2 bridgehead atoms. The van der Waals surface area contributed by atoms with Gasteiger partial charge in [0.25, 0.3) is 0 Å². The highest BCUT2D eigenvalue weighted by atomic mass is 15.3. The zero-order valence-corrected chi connectivity index (χ0v) is 10.2. The average Bonchev–Trinajstić information content (AvgIpc) is 2.81. The number of rotatable bonds is 3. The molecule has 4 heteroatoms. The maximum absolute atomic E-state index is 5.78. The van der Waals surface area contributed by atoms with Crippen LogP contribution in [-0.2, 0) is 6.54 Å². The second-order valence-electron chi connectivity index (χ2n) is 6.06. The number of nitrogens with zero attached hydrogens (tertiary/aromatic N) is 3. The van der Waals surface area contributed by atoms with Gasteiger partial charge in [-0.2, -0.15) is 0 Å². The fourth-order valence-corrected chi connectivity index (χ4v) is 4.02. The first kappa shape index (κ1) is 10.1. The molecule has 0 spiro atoms. The third kappa shape index (κ3) is 1.46. The van der Waals surface area contributed by atoms with Crippen LogP contribution in [0.3, 0.4) is 0 Å². The smallest absolute Gasteiger partial charge is 0.147 e. The van der Waals surface area contributed by atoms with E-state index in [2.05, 4.69) is 14.8 Å². The van der Waals surface area contributed by atoms with E-state index in [0.717, 1.165) is 17.7 Å². The summed E-state index contributed by atoms with van der Waals surface area (Å²) in [5.41, 5.74) is 5.78. The van der Waals surface area contributed by atoms with E-state index in [1.165, 1.54) is 44.3 Å². The van der Waals surface area contributed by atoms with E-state index in [-0.39, 0.29) is 0 Å². The van der Waals surface area contributed by atoms with Gasteiger partial charge in [0, 0.05) is 12.0 Å². The number of aromatic nitrogens is 3. The van der Waals surface area contributed by atoms with Crippen molar-refractivity contribution in [3.8, 4) is 0 Å². The van der Waals surface area contributed by atoms with Crippen LogP contribution in [0.1, 0.15) is 62.1 Å². The quantitative estimate of drug-likeness (QED) is 0.867. The summed E-state index contributed by atoms with van der Waals surface area (Å²) in [7, 11) is 0. The fraction of sp³-hybridized carbons (Fsp3) is 0.846. The Labute approximate surface area is 102 Å². The standard InChI is InChI=1S/C13H20N4/c14-7-12-15-16-13(17(12)10-3-4-10)11-6-8-1-2-9(11)5-8/h8-11H,1-7,14H2. The largest absolute Gasteiger partial charge is 0.324 e. The second-order valence-corrected chi connectivity index (χ2v) is 6.06. The van der Waals surface area contributed by atoms with Gasteiger partial charge in [-0.05, 0) is 43.9 Å². The predicted octanol–water partition coefficient (Wildman–Crippen LogP) is 1.98. The molecule has 0 radical (unpaired) electrons. The van der Waals surface area contributed by atoms with E-state index in [1.807, 2.05) is 0 Å². The number of hydrogen-bond donors (Lipinski definition) is 1. The summed E-state index contributed by atoms with van der Waals surface area (Å²) in [5.74, 6) is 4.80. The molecule has 17 heavy (non-hydrogen) atoms. The molecule has 3 unspecified atom stereocenters. The first-order valence-corrected chi connectivity index (χ1v) is 7.00. The molecule has 4 rings (SSSR count). The molecule has 1 aromatic heterocycles. The second kappa shape index (κ2) is 3.55. The molecule has 0 aliphatic heterocycles. The molecule has 1 aromatic rings. The van der Waals surface area contributed by atoms with Gasteiger partial charge in [0.05, 0.1) is 6.54 Å². The molecule has 0 aromatic carbocycles. The van der Waals surface area contributed by atoms with Crippen molar-refractivity contribution < 1.29 is 0 Å². The third-order valence-electron chi connectivity index (χ3n) is 4.96. The molecular formula is C13H20N4. The minimum absolute atomic E-state index is 0.532. The van der Waals surface area contributed by atoms with Crippen LogP contribution in [0.2, 0.25) is 0 Å². The Hall–Kier alpha value is -0.900. The molecule has 3 aliphatic carbocycles. The molecule has 2 N–H and O–H groups in total. The highest BCUT2D eigenvalue weighted by Gasteiger charge is 2.44. The van der Waals surface area contributed by atoms with Crippen LogP contribution in [0.25, 0.3) is 0 Å². The Balaban J connectivity index is 1.71. The molecule has 4 nitrogen and oxygen atoms in total. The minimum Gasteiger partial charge on any atom is -0.324 e. The molecule has 92 valence electrons. The zero-order valence-electron chi connectivity index (χ0n) is 10.2. The zero-order chi connectivity index (χ0) is 11.4. The Morgan fingerprint density at radius 1 is 1.12 bits per heavy atom. The van der Waals surface area contributed by atoms with Crippen LogP contribution >= 0.6 is 0 Å². The average molecular weight is 232 g/mol. The number of nitrogens with two attached hydrogens (primary N) is 1. The SMILES string of the molecule is NCc1nnc(C2CC3CCC2C3)n1C1CC1. The Morgan fingerprint density at radius 3 is 2.59 bits per heavy atom. The molecule has 0 saturated heterocycles. The van der Waals surface area contributed by atoms with Crippen molar-refractivity contribution in [1.82, 2.24) is 14.8 Å². The molecule has 3 fully saturated rings. The van der Waals surface area contributed by atoms with Crippen molar-refractivity contribution in [3.63, 3.8) is 0 Å². The summed E-state index contributed by atoms with van der Waals surface area (Å²) >= 11 is 0. The summed E-state index contributed by atoms with van der Waals surface area (Å²) in [5, 5.41) is 8.79. The monoisotopic (exact) mass is 232 g/mol. The normalized spacial score (nSPS) is 35.7. The lowest BCUT2D eigenvalue weighted by atomic mass is 9.88. The van der Waals surface area contributed by atoms with Crippen molar-refractivity contribution in [2.45, 2.75) is 57.0 Å². The van der Waals surface area contributed by atoms with Gasteiger partial charge in [-0.25, -0.2) is 0 Å². The summed E-state index contributed by atoms with van der Waals surface area (Å²) in [6, 6.07) is 0.665. The Bertz CT molecular complexity index is 435. The highest BCUT2D eigenvalue weighted by molar-refractivity contribution is 5.12. The summed E-state index contributed by atoms with van der Waals surface area (Å²) in [6.45, 7) is 0.532. The molecule has 1 heterocycles. The Morgan fingerprint density at radius 2 is 2.00 bits per heavy atom. The van der Waals surface area contributed by atoms with Gasteiger partial charge in [0.2, 0.25) is 0 Å². The first-order chi connectivity index (χ1) is 8.36. The van der Waals surface area contributed by atoms with Gasteiger partial charge in [-0.3, -0.25) is 0 Å². The van der Waals surface area contributed by atoms with Crippen molar-refractivity contribution in [2.75, 3.05) is 0 Å². The van der Waals surface area contributed by atoms with E-state index >= 15 is 0 Å². The molecule has 3 atom stereocenters. The Kier molecular flexibility index (Phi) is 2.10. The third-order valence-corrected chi connectivity index (χ3v) is 4.96. The van der Waals surface area contributed by atoms with Crippen molar-refractivity contribution in [3.05, 3.63) is 11.6 Å². The summed E-state index contributed by atoms with van der Waals surface area (Å²) in [4.78, 5) is 0. The lowest BCUT2D eigenvalue weighted by Gasteiger charge is -2.22. The van der Waals surface area contributed by atoms with Gasteiger partial charge in [0.15, 0.2) is 0 Å². The number of hydrogen-bond acceptors (Lipinski definition) is 3. The maximum Gasteiger partial charge on any atom is 0.147 e. The van der Waals surface area contributed by atoms with Crippen LogP contribution < -0.4 is 5.73 Å². The van der Waals surface area contributed by atoms with Gasteiger partial charge in [-0.1, -0.05) is 6.42 Å². The van der Waals surface area contributed by atoms with Crippen molar-refractivity contribution >= 4 is 0 Å². The summed E-state index contributed by atoms with van der Waals surface area (Å²) in [6.07, 6.45) is 8.21. The van der Waals surface area contributed by atoms with Gasteiger partial charge < -0.3 is 10.3 Å². The van der Waals surface area contributed by atoms with Crippen LogP contribution in [0.4, 0.5) is 0 Å². The molecule has 3 aliphatic rings. The fourth-order valence-electron chi connectivity index (χ4n) is 4.02. The van der Waals surface area contributed by atoms with Crippen molar-refractivity contribution in [1.29, 1.82) is 0 Å². The van der Waals surface area contributed by atoms with E-state index in [9.17, 15) is 0 Å². The summed E-state index contributed by atoms with van der Waals surface area (Å²) < 4.78 is 2.38. The maximum atomic E-state index is 5.78. The molecule has 0 amide bonds. The van der Waals surface area contributed by atoms with E-state index in [4.69, 9.17) is 5.73 Å². The lowest BCUT2D eigenvalue weighted by molar-refractivity contribution is 0.391. The van der Waals surface area contributed by atoms with E-state index in [0.29, 0.717) is 18.5 Å². The van der Waals surface area contributed by atoms with Gasteiger partial charge in [-0.15, -0.1) is 10.2 Å². The van der Waals surface area contributed by atoms with Crippen LogP contribution in [0, 0.1) is 11.8 Å². The minimum atomic E-state index is 0.532. The van der Waals surface area contributed by atoms with Crippen LogP contribution in [0.15, 0.2) is 0 Å². The number of fused-ring (bicyclic) bond motifs is 2. The lowest BCUT2D eigenvalue weighted by Crippen LogP contribution is -2.16. The topological polar surface area (TPSA) is 56.7 Å². The van der Waals surface area contributed by atoms with E-state index < -0.39 is 0 Å². The van der Waals surface area contributed by atoms with Crippen molar-refractivity contribution in [2.24, 2.45) is 17.6 Å².